The average molecular weight is 271 g/mol. The minimum Gasteiger partial charge on any atom is -0.439 e. The summed E-state index contributed by atoms with van der Waals surface area (Å²) in [5.41, 5.74) is 9.30. The molecule has 0 bridgehead atoms. The van der Waals surface area contributed by atoms with Crippen molar-refractivity contribution in [2.45, 2.75) is 40.5 Å². The summed E-state index contributed by atoms with van der Waals surface area (Å²) in [5, 5.41) is 0. The molecule has 0 aliphatic rings. The predicted octanol–water partition coefficient (Wildman–Crippen LogP) is 3.73. The van der Waals surface area contributed by atoms with Crippen LogP contribution in [-0.2, 0) is 6.42 Å². The molecule has 4 nitrogen and oxygen atoms in total. The summed E-state index contributed by atoms with van der Waals surface area (Å²) in [4.78, 5) is 8.62. The minimum absolute atomic E-state index is 0.445. The van der Waals surface area contributed by atoms with E-state index in [0.29, 0.717) is 11.7 Å². The summed E-state index contributed by atoms with van der Waals surface area (Å²) in [6.07, 6.45) is 1.78. The molecule has 2 rings (SSSR count). The van der Waals surface area contributed by atoms with Crippen molar-refractivity contribution in [1.29, 1.82) is 0 Å². The Morgan fingerprint density at radius 1 is 1.10 bits per heavy atom. The summed E-state index contributed by atoms with van der Waals surface area (Å²) in [7, 11) is 0. The Kier molecular flexibility index (Phi) is 4.23. The highest BCUT2D eigenvalue weighted by atomic mass is 16.5. The van der Waals surface area contributed by atoms with E-state index in [1.54, 1.807) is 6.07 Å². The molecule has 2 N–H and O–H groups in total. The normalized spacial score (nSPS) is 10.6. The number of aromatic nitrogens is 2. The molecule has 1 aromatic carbocycles. The van der Waals surface area contributed by atoms with Gasteiger partial charge < -0.3 is 10.5 Å². The first-order valence-electron chi connectivity index (χ1n) is 6.88. The van der Waals surface area contributed by atoms with Crippen LogP contribution in [0.25, 0.3) is 0 Å². The van der Waals surface area contributed by atoms with E-state index >= 15 is 0 Å². The molecule has 0 fully saturated rings. The highest BCUT2D eigenvalue weighted by molar-refractivity contribution is 5.44. The van der Waals surface area contributed by atoms with E-state index in [1.807, 2.05) is 13.0 Å². The van der Waals surface area contributed by atoms with Crippen LogP contribution in [0.15, 0.2) is 18.2 Å². The second-order valence-electron chi connectivity index (χ2n) is 5.10. The monoisotopic (exact) mass is 271 g/mol. The van der Waals surface area contributed by atoms with Crippen molar-refractivity contribution >= 4 is 5.82 Å². The highest BCUT2D eigenvalue weighted by Crippen LogP contribution is 2.28. The Morgan fingerprint density at radius 2 is 1.85 bits per heavy atom. The topological polar surface area (TPSA) is 61.0 Å². The number of ether oxygens (including phenoxy) is 1. The summed E-state index contributed by atoms with van der Waals surface area (Å²) < 4.78 is 5.91. The molecule has 106 valence electrons. The molecular weight excluding hydrogens is 250 g/mol. The summed E-state index contributed by atoms with van der Waals surface area (Å²) >= 11 is 0. The molecule has 2 aromatic rings. The lowest BCUT2D eigenvalue weighted by Gasteiger charge is -2.12. The van der Waals surface area contributed by atoms with Gasteiger partial charge in [-0.15, -0.1) is 0 Å². The van der Waals surface area contributed by atoms with Gasteiger partial charge in [-0.2, -0.15) is 4.98 Å². The first-order chi connectivity index (χ1) is 9.49. The van der Waals surface area contributed by atoms with E-state index in [1.165, 1.54) is 11.1 Å². The molecule has 0 radical (unpaired) electrons. The number of hydrogen-bond donors (Lipinski definition) is 1. The van der Waals surface area contributed by atoms with Gasteiger partial charge >= 0.3 is 0 Å². The molecule has 0 amide bonds. The third kappa shape index (κ3) is 3.26. The second kappa shape index (κ2) is 5.90. The maximum atomic E-state index is 5.91. The third-order valence-corrected chi connectivity index (χ3v) is 3.22. The van der Waals surface area contributed by atoms with E-state index in [-0.39, 0.29) is 0 Å². The fraction of sp³-hybridized carbons (Fsp3) is 0.375. The second-order valence-corrected chi connectivity index (χ2v) is 5.10. The molecule has 4 heteroatoms. The van der Waals surface area contributed by atoms with Gasteiger partial charge in [-0.25, -0.2) is 4.98 Å². The first kappa shape index (κ1) is 14.3. The number of aryl methyl sites for hydroxylation is 3. The van der Waals surface area contributed by atoms with Gasteiger partial charge in [-0.1, -0.05) is 13.0 Å². The largest absolute Gasteiger partial charge is 0.439 e. The molecular formula is C16H21N3O. The molecule has 0 spiro atoms. The number of hydrogen-bond acceptors (Lipinski definition) is 4. The van der Waals surface area contributed by atoms with E-state index in [9.17, 15) is 0 Å². The van der Waals surface area contributed by atoms with E-state index in [4.69, 9.17) is 10.5 Å². The first-order valence-corrected chi connectivity index (χ1v) is 6.88. The Morgan fingerprint density at radius 3 is 2.55 bits per heavy atom. The van der Waals surface area contributed by atoms with Gasteiger partial charge in [0.2, 0.25) is 5.88 Å². The van der Waals surface area contributed by atoms with Crippen molar-refractivity contribution in [3.63, 3.8) is 0 Å². The zero-order valence-electron chi connectivity index (χ0n) is 12.5. The number of rotatable bonds is 4. The lowest BCUT2D eigenvalue weighted by atomic mass is 10.1. The highest BCUT2D eigenvalue weighted by Gasteiger charge is 2.08. The minimum atomic E-state index is 0.445. The van der Waals surface area contributed by atoms with Gasteiger partial charge in [0, 0.05) is 12.5 Å². The van der Waals surface area contributed by atoms with Crippen molar-refractivity contribution in [2.24, 2.45) is 0 Å². The van der Waals surface area contributed by atoms with Crippen LogP contribution in [-0.4, -0.2) is 9.97 Å². The van der Waals surface area contributed by atoms with Crippen LogP contribution in [0.5, 0.6) is 11.6 Å². The van der Waals surface area contributed by atoms with Crippen molar-refractivity contribution < 1.29 is 4.74 Å². The van der Waals surface area contributed by atoms with Crippen LogP contribution >= 0.6 is 0 Å². The summed E-state index contributed by atoms with van der Waals surface area (Å²) in [6, 6.07) is 5.81. The number of nitrogens with zero attached hydrogens (tertiary/aromatic N) is 2. The van der Waals surface area contributed by atoms with Crippen LogP contribution < -0.4 is 10.5 Å². The fourth-order valence-corrected chi connectivity index (χ4v) is 2.10. The molecule has 0 saturated carbocycles. The van der Waals surface area contributed by atoms with Gasteiger partial charge in [-0.3, -0.25) is 0 Å². The SMILES string of the molecule is CCCc1nc(N)cc(Oc2cc(C)cc(C)c2C)n1. The van der Waals surface area contributed by atoms with Crippen molar-refractivity contribution in [3.8, 4) is 11.6 Å². The fourth-order valence-electron chi connectivity index (χ4n) is 2.10. The standard InChI is InChI=1S/C16H21N3O/c1-5-6-15-18-14(17)9-16(19-15)20-13-8-10(2)7-11(3)12(13)4/h7-9H,5-6H2,1-4H3,(H2,17,18,19). The average Bonchev–Trinajstić information content (AvgIpc) is 2.35. The molecule has 20 heavy (non-hydrogen) atoms. The molecule has 0 saturated heterocycles. The van der Waals surface area contributed by atoms with Gasteiger partial charge in [-0.05, 0) is 49.9 Å². The Balaban J connectivity index is 2.34. The summed E-state index contributed by atoms with van der Waals surface area (Å²) in [6.45, 7) is 8.25. The zero-order valence-corrected chi connectivity index (χ0v) is 12.5. The maximum Gasteiger partial charge on any atom is 0.224 e. The third-order valence-electron chi connectivity index (χ3n) is 3.22. The Labute approximate surface area is 120 Å². The smallest absolute Gasteiger partial charge is 0.224 e. The number of nitrogens with two attached hydrogens (primary N) is 1. The van der Waals surface area contributed by atoms with Crippen LogP contribution in [0.4, 0.5) is 5.82 Å². The van der Waals surface area contributed by atoms with Gasteiger partial charge in [0.1, 0.15) is 17.4 Å². The predicted molar refractivity (Wildman–Crippen MR) is 81.2 cm³/mol. The van der Waals surface area contributed by atoms with Gasteiger partial charge in [0.15, 0.2) is 0 Å². The van der Waals surface area contributed by atoms with E-state index < -0.39 is 0 Å². The molecule has 0 aliphatic carbocycles. The van der Waals surface area contributed by atoms with Crippen LogP contribution in [0.1, 0.15) is 35.9 Å². The van der Waals surface area contributed by atoms with Gasteiger partial charge in [0.05, 0.1) is 0 Å². The van der Waals surface area contributed by atoms with E-state index in [0.717, 1.165) is 30.0 Å². The zero-order chi connectivity index (χ0) is 14.7. The van der Waals surface area contributed by atoms with Crippen molar-refractivity contribution in [1.82, 2.24) is 9.97 Å². The molecule has 0 atom stereocenters. The van der Waals surface area contributed by atoms with Crippen molar-refractivity contribution in [3.05, 3.63) is 40.7 Å². The molecule has 1 aromatic heterocycles. The van der Waals surface area contributed by atoms with Crippen LogP contribution in [0.2, 0.25) is 0 Å². The number of anilines is 1. The summed E-state index contributed by atoms with van der Waals surface area (Å²) in [5.74, 6) is 2.50. The number of benzene rings is 1. The molecule has 0 unspecified atom stereocenters. The quantitative estimate of drug-likeness (QED) is 0.920. The lowest BCUT2D eigenvalue weighted by molar-refractivity contribution is 0.454. The molecule has 1 heterocycles. The lowest BCUT2D eigenvalue weighted by Crippen LogP contribution is -2.02. The van der Waals surface area contributed by atoms with Crippen molar-refractivity contribution in [2.75, 3.05) is 5.73 Å². The maximum absolute atomic E-state index is 5.91. The van der Waals surface area contributed by atoms with Crippen LogP contribution in [0, 0.1) is 20.8 Å². The molecule has 0 aliphatic heterocycles. The Hall–Kier alpha value is -2.10. The van der Waals surface area contributed by atoms with Gasteiger partial charge in [0.25, 0.3) is 0 Å². The van der Waals surface area contributed by atoms with Crippen LogP contribution in [0.3, 0.4) is 0 Å². The van der Waals surface area contributed by atoms with E-state index in [2.05, 4.69) is 36.8 Å². The Bertz CT molecular complexity index is 623. The number of nitrogen functional groups attached to an aromatic ring is 1.